The van der Waals surface area contributed by atoms with E-state index in [9.17, 15) is 4.79 Å². The Kier molecular flexibility index (Phi) is 7.13. The SMILES string of the molecule is CCCN(CCNC1CCOC(C)(C)C1)C(=O)OC(C)(C)C. The van der Waals surface area contributed by atoms with Crippen LogP contribution in [0, 0.1) is 0 Å². The van der Waals surface area contributed by atoms with Crippen LogP contribution in [0.2, 0.25) is 0 Å². The van der Waals surface area contributed by atoms with Crippen LogP contribution in [-0.4, -0.2) is 54.5 Å². The molecule has 0 aromatic rings. The van der Waals surface area contributed by atoms with Crippen molar-refractivity contribution in [2.45, 2.75) is 78.0 Å². The fraction of sp³-hybridized carbons (Fsp3) is 0.941. The van der Waals surface area contributed by atoms with Crippen molar-refractivity contribution < 1.29 is 14.3 Å². The quantitative estimate of drug-likeness (QED) is 0.818. The van der Waals surface area contributed by atoms with Crippen LogP contribution in [0.5, 0.6) is 0 Å². The third kappa shape index (κ3) is 7.45. The molecule has 1 N–H and O–H groups in total. The van der Waals surface area contributed by atoms with Crippen LogP contribution in [0.25, 0.3) is 0 Å². The number of nitrogens with one attached hydrogen (secondary N) is 1. The maximum atomic E-state index is 12.2. The van der Waals surface area contributed by atoms with Crippen LogP contribution in [-0.2, 0) is 9.47 Å². The molecule has 0 radical (unpaired) electrons. The van der Waals surface area contributed by atoms with Gasteiger partial charge in [0.1, 0.15) is 5.60 Å². The van der Waals surface area contributed by atoms with Gasteiger partial charge in [-0.05, 0) is 53.9 Å². The Bertz CT molecular complexity index is 350. The molecule has 0 aromatic heterocycles. The normalized spacial score (nSPS) is 21.5. The van der Waals surface area contributed by atoms with Gasteiger partial charge in [0.15, 0.2) is 0 Å². The van der Waals surface area contributed by atoms with Gasteiger partial charge in [0, 0.05) is 32.3 Å². The first kappa shape index (κ1) is 19.2. The lowest BCUT2D eigenvalue weighted by Crippen LogP contribution is -2.47. The Morgan fingerprint density at radius 2 is 2.05 bits per heavy atom. The van der Waals surface area contributed by atoms with Crippen molar-refractivity contribution >= 4 is 6.09 Å². The number of hydrogen-bond donors (Lipinski definition) is 1. The minimum atomic E-state index is -0.443. The molecule has 1 atom stereocenters. The molecule has 1 rings (SSSR count). The van der Waals surface area contributed by atoms with E-state index in [-0.39, 0.29) is 11.7 Å². The van der Waals surface area contributed by atoms with E-state index in [0.717, 1.165) is 39.0 Å². The smallest absolute Gasteiger partial charge is 0.410 e. The lowest BCUT2D eigenvalue weighted by Gasteiger charge is -2.36. The Morgan fingerprint density at radius 3 is 2.59 bits per heavy atom. The average molecular weight is 314 g/mol. The summed E-state index contributed by atoms with van der Waals surface area (Å²) < 4.78 is 11.2. The van der Waals surface area contributed by atoms with Crippen molar-refractivity contribution in [2.75, 3.05) is 26.2 Å². The van der Waals surface area contributed by atoms with Crippen LogP contribution < -0.4 is 5.32 Å². The van der Waals surface area contributed by atoms with Crippen molar-refractivity contribution in [3.63, 3.8) is 0 Å². The predicted molar refractivity (Wildman–Crippen MR) is 89.2 cm³/mol. The van der Waals surface area contributed by atoms with E-state index in [1.54, 1.807) is 4.90 Å². The zero-order valence-corrected chi connectivity index (χ0v) is 15.2. The second-order valence-corrected chi connectivity index (χ2v) is 7.72. The first-order valence-electron chi connectivity index (χ1n) is 8.48. The van der Waals surface area contributed by atoms with E-state index in [0.29, 0.717) is 12.6 Å². The first-order chi connectivity index (χ1) is 10.1. The lowest BCUT2D eigenvalue weighted by molar-refractivity contribution is -0.0630. The summed E-state index contributed by atoms with van der Waals surface area (Å²) in [6.45, 7) is 15.0. The van der Waals surface area contributed by atoms with Crippen molar-refractivity contribution in [2.24, 2.45) is 0 Å². The molecule has 0 aliphatic carbocycles. The largest absolute Gasteiger partial charge is 0.444 e. The maximum Gasteiger partial charge on any atom is 0.410 e. The molecule has 1 fully saturated rings. The van der Waals surface area contributed by atoms with E-state index in [4.69, 9.17) is 9.47 Å². The molecular weight excluding hydrogens is 280 g/mol. The van der Waals surface area contributed by atoms with E-state index in [2.05, 4.69) is 26.1 Å². The van der Waals surface area contributed by atoms with Gasteiger partial charge in [-0.2, -0.15) is 0 Å². The number of rotatable bonds is 6. The lowest BCUT2D eigenvalue weighted by atomic mass is 9.94. The first-order valence-corrected chi connectivity index (χ1v) is 8.48. The third-order valence-electron chi connectivity index (χ3n) is 3.66. The van der Waals surface area contributed by atoms with Crippen LogP contribution in [0.15, 0.2) is 0 Å². The zero-order chi connectivity index (χ0) is 16.8. The molecule has 1 saturated heterocycles. The van der Waals surface area contributed by atoms with Crippen molar-refractivity contribution in [1.29, 1.82) is 0 Å². The van der Waals surface area contributed by atoms with Gasteiger partial charge in [0.2, 0.25) is 0 Å². The molecule has 130 valence electrons. The molecule has 1 aliphatic rings. The summed E-state index contributed by atoms with van der Waals surface area (Å²) in [6, 6.07) is 0.464. The molecule has 22 heavy (non-hydrogen) atoms. The maximum absolute atomic E-state index is 12.2. The van der Waals surface area contributed by atoms with Crippen LogP contribution in [0.1, 0.15) is 60.8 Å². The number of amides is 1. The summed E-state index contributed by atoms with van der Waals surface area (Å²) in [5, 5.41) is 3.55. The molecule has 0 bridgehead atoms. The van der Waals surface area contributed by atoms with Gasteiger partial charge < -0.3 is 19.7 Å². The highest BCUT2D eigenvalue weighted by Crippen LogP contribution is 2.23. The summed E-state index contributed by atoms with van der Waals surface area (Å²) in [4.78, 5) is 14.0. The molecule has 0 spiro atoms. The molecular formula is C17H34N2O3. The third-order valence-corrected chi connectivity index (χ3v) is 3.66. The molecule has 1 heterocycles. The fourth-order valence-electron chi connectivity index (χ4n) is 2.70. The number of hydrogen-bond acceptors (Lipinski definition) is 4. The van der Waals surface area contributed by atoms with Gasteiger partial charge in [-0.15, -0.1) is 0 Å². The Labute approximate surface area is 135 Å². The summed E-state index contributed by atoms with van der Waals surface area (Å²) in [7, 11) is 0. The molecule has 1 aliphatic heterocycles. The van der Waals surface area contributed by atoms with E-state index < -0.39 is 5.60 Å². The average Bonchev–Trinajstić information content (AvgIpc) is 2.34. The molecule has 0 aromatic carbocycles. The standard InChI is InChI=1S/C17H34N2O3/c1-7-10-19(15(20)22-16(2,3)4)11-9-18-14-8-12-21-17(5,6)13-14/h14,18H,7-13H2,1-6H3. The highest BCUT2D eigenvalue weighted by Gasteiger charge is 2.28. The highest BCUT2D eigenvalue weighted by molar-refractivity contribution is 5.68. The number of nitrogens with zero attached hydrogens (tertiary/aromatic N) is 1. The second kappa shape index (κ2) is 8.16. The Morgan fingerprint density at radius 1 is 1.36 bits per heavy atom. The van der Waals surface area contributed by atoms with Gasteiger partial charge in [-0.1, -0.05) is 6.92 Å². The van der Waals surface area contributed by atoms with Crippen molar-refractivity contribution in [3.8, 4) is 0 Å². The van der Waals surface area contributed by atoms with E-state index in [1.807, 2.05) is 20.8 Å². The molecule has 5 heteroatoms. The monoisotopic (exact) mass is 314 g/mol. The van der Waals surface area contributed by atoms with Crippen LogP contribution in [0.3, 0.4) is 0 Å². The van der Waals surface area contributed by atoms with E-state index in [1.165, 1.54) is 0 Å². The molecule has 0 saturated carbocycles. The minimum Gasteiger partial charge on any atom is -0.444 e. The highest BCUT2D eigenvalue weighted by atomic mass is 16.6. The molecule has 5 nitrogen and oxygen atoms in total. The Balaban J connectivity index is 2.39. The minimum absolute atomic E-state index is 0.0514. The zero-order valence-electron chi connectivity index (χ0n) is 15.2. The predicted octanol–water partition coefficient (Wildman–Crippen LogP) is 3.18. The van der Waals surface area contributed by atoms with Gasteiger partial charge >= 0.3 is 6.09 Å². The van der Waals surface area contributed by atoms with Gasteiger partial charge in [0.05, 0.1) is 5.60 Å². The number of ether oxygens (including phenoxy) is 2. The van der Waals surface area contributed by atoms with Crippen LogP contribution in [0.4, 0.5) is 4.79 Å². The fourth-order valence-corrected chi connectivity index (χ4v) is 2.70. The summed E-state index contributed by atoms with van der Waals surface area (Å²) in [5.41, 5.74) is -0.495. The summed E-state index contributed by atoms with van der Waals surface area (Å²) in [6.07, 6.45) is 2.75. The van der Waals surface area contributed by atoms with Gasteiger partial charge in [-0.25, -0.2) is 4.79 Å². The van der Waals surface area contributed by atoms with Gasteiger partial charge in [-0.3, -0.25) is 0 Å². The summed E-state index contributed by atoms with van der Waals surface area (Å²) >= 11 is 0. The van der Waals surface area contributed by atoms with Gasteiger partial charge in [0.25, 0.3) is 0 Å². The van der Waals surface area contributed by atoms with Crippen molar-refractivity contribution in [1.82, 2.24) is 10.2 Å². The number of carbonyl (C=O) groups excluding carboxylic acids is 1. The topological polar surface area (TPSA) is 50.8 Å². The number of carbonyl (C=O) groups is 1. The molecule has 1 amide bonds. The second-order valence-electron chi connectivity index (χ2n) is 7.72. The Hall–Kier alpha value is -0.810. The summed E-state index contributed by atoms with van der Waals surface area (Å²) in [5.74, 6) is 0. The van der Waals surface area contributed by atoms with Crippen molar-refractivity contribution in [3.05, 3.63) is 0 Å². The van der Waals surface area contributed by atoms with E-state index >= 15 is 0 Å². The molecule has 1 unspecified atom stereocenters. The van der Waals surface area contributed by atoms with Crippen LogP contribution >= 0.6 is 0 Å².